The molecule has 2 rings (SSSR count). The molecule has 100 valence electrons. The molecule has 1 saturated heterocycles. The molecule has 18 heavy (non-hydrogen) atoms. The topological polar surface area (TPSA) is 71.3 Å². The second-order valence-corrected chi connectivity index (χ2v) is 6.24. The summed E-state index contributed by atoms with van der Waals surface area (Å²) in [6.45, 7) is 5.30. The fourth-order valence-corrected chi connectivity index (χ4v) is 2.68. The summed E-state index contributed by atoms with van der Waals surface area (Å²) < 4.78 is 0. The van der Waals surface area contributed by atoms with Gasteiger partial charge in [-0.3, -0.25) is 10.1 Å². The van der Waals surface area contributed by atoms with Gasteiger partial charge in [-0.15, -0.1) is 0 Å². The quantitative estimate of drug-likeness (QED) is 0.671. The van der Waals surface area contributed by atoms with Crippen LogP contribution in [0.25, 0.3) is 0 Å². The molecule has 0 bridgehead atoms. The van der Waals surface area contributed by atoms with Gasteiger partial charge in [0.1, 0.15) is 6.20 Å². The zero-order valence-corrected chi connectivity index (χ0v) is 11.5. The molecule has 0 amide bonds. The highest BCUT2D eigenvalue weighted by atomic mass is 32.1. The van der Waals surface area contributed by atoms with Crippen molar-refractivity contribution in [1.29, 1.82) is 0 Å². The maximum Gasteiger partial charge on any atom is 0.345 e. The van der Waals surface area contributed by atoms with E-state index in [1.165, 1.54) is 6.20 Å². The van der Waals surface area contributed by atoms with E-state index < -0.39 is 4.92 Å². The van der Waals surface area contributed by atoms with Crippen molar-refractivity contribution in [2.45, 2.75) is 19.8 Å². The number of thiazole rings is 1. The third-order valence-corrected chi connectivity index (χ3v) is 4.44. The first-order valence-corrected chi connectivity index (χ1v) is 6.83. The standard InChI is InChI=1S/C11H18N4O2S/c1-11(3-5-14(2)6-4-11)8-13-10-12-7-9(18-10)15(16)17/h7H,3-6,8H2,1-2H3,(H,12,13). The van der Waals surface area contributed by atoms with Crippen molar-refractivity contribution in [3.05, 3.63) is 16.3 Å². The molecular formula is C11H18N4O2S. The second kappa shape index (κ2) is 5.19. The largest absolute Gasteiger partial charge is 0.361 e. The van der Waals surface area contributed by atoms with Gasteiger partial charge in [-0.2, -0.15) is 0 Å². The Labute approximate surface area is 110 Å². The molecule has 0 aliphatic carbocycles. The lowest BCUT2D eigenvalue weighted by Gasteiger charge is -2.37. The average molecular weight is 270 g/mol. The molecule has 1 fully saturated rings. The van der Waals surface area contributed by atoms with Crippen LogP contribution in [0, 0.1) is 15.5 Å². The first-order valence-electron chi connectivity index (χ1n) is 6.01. The summed E-state index contributed by atoms with van der Waals surface area (Å²) in [6.07, 6.45) is 3.60. The number of piperidine rings is 1. The lowest BCUT2D eigenvalue weighted by atomic mass is 9.80. The minimum Gasteiger partial charge on any atom is -0.361 e. The number of hydrogen-bond acceptors (Lipinski definition) is 6. The van der Waals surface area contributed by atoms with Gasteiger partial charge < -0.3 is 10.2 Å². The van der Waals surface area contributed by atoms with Crippen molar-refractivity contribution in [1.82, 2.24) is 9.88 Å². The van der Waals surface area contributed by atoms with Gasteiger partial charge >= 0.3 is 5.00 Å². The fourth-order valence-electron chi connectivity index (χ4n) is 2.06. The second-order valence-electron chi connectivity index (χ2n) is 5.23. The van der Waals surface area contributed by atoms with E-state index in [-0.39, 0.29) is 10.4 Å². The van der Waals surface area contributed by atoms with Crippen LogP contribution in [-0.2, 0) is 0 Å². The number of aromatic nitrogens is 1. The molecule has 0 aromatic carbocycles. The number of nitrogens with one attached hydrogen (secondary N) is 1. The van der Waals surface area contributed by atoms with E-state index in [1.54, 1.807) is 0 Å². The molecule has 0 radical (unpaired) electrons. The van der Waals surface area contributed by atoms with Crippen LogP contribution >= 0.6 is 11.3 Å². The molecule has 2 heterocycles. The molecule has 6 nitrogen and oxygen atoms in total. The zero-order valence-electron chi connectivity index (χ0n) is 10.7. The van der Waals surface area contributed by atoms with E-state index in [0.717, 1.165) is 43.8 Å². The molecule has 0 unspecified atom stereocenters. The molecular weight excluding hydrogens is 252 g/mol. The number of anilines is 1. The Morgan fingerprint density at radius 1 is 1.61 bits per heavy atom. The molecule has 0 atom stereocenters. The molecule has 1 aliphatic rings. The van der Waals surface area contributed by atoms with Gasteiger partial charge in [-0.05, 0) is 49.7 Å². The predicted octanol–water partition coefficient (Wildman–Crippen LogP) is 2.20. The Kier molecular flexibility index (Phi) is 3.82. The Morgan fingerprint density at radius 3 is 2.83 bits per heavy atom. The normalized spacial score (nSPS) is 19.7. The Morgan fingerprint density at radius 2 is 2.28 bits per heavy atom. The van der Waals surface area contributed by atoms with E-state index in [1.807, 2.05) is 0 Å². The van der Waals surface area contributed by atoms with E-state index in [9.17, 15) is 10.1 Å². The molecule has 0 saturated carbocycles. The monoisotopic (exact) mass is 270 g/mol. The van der Waals surface area contributed by atoms with Gasteiger partial charge in [0.15, 0.2) is 5.13 Å². The highest BCUT2D eigenvalue weighted by molar-refractivity contribution is 7.18. The minimum absolute atomic E-state index is 0.0889. The Hall–Kier alpha value is -1.21. The van der Waals surface area contributed by atoms with E-state index in [2.05, 4.69) is 29.2 Å². The first-order chi connectivity index (χ1) is 8.48. The van der Waals surface area contributed by atoms with Crippen molar-refractivity contribution in [2.75, 3.05) is 32.0 Å². The number of likely N-dealkylation sites (tertiary alicyclic amines) is 1. The third kappa shape index (κ3) is 3.17. The molecule has 1 aromatic heterocycles. The summed E-state index contributed by atoms with van der Waals surface area (Å²) >= 11 is 1.10. The van der Waals surface area contributed by atoms with Crippen LogP contribution < -0.4 is 5.32 Å². The maximum absolute atomic E-state index is 10.6. The van der Waals surface area contributed by atoms with Gasteiger partial charge in [0.2, 0.25) is 0 Å². The lowest BCUT2D eigenvalue weighted by Crippen LogP contribution is -2.40. The van der Waals surface area contributed by atoms with Gasteiger partial charge in [0.25, 0.3) is 0 Å². The summed E-state index contributed by atoms with van der Waals surface area (Å²) in [6, 6.07) is 0. The van der Waals surface area contributed by atoms with Crippen LogP contribution in [0.2, 0.25) is 0 Å². The van der Waals surface area contributed by atoms with E-state index in [0.29, 0.717) is 5.13 Å². The van der Waals surface area contributed by atoms with Gasteiger partial charge in [-0.1, -0.05) is 6.92 Å². The van der Waals surface area contributed by atoms with Crippen molar-refractivity contribution >= 4 is 21.5 Å². The van der Waals surface area contributed by atoms with Crippen LogP contribution in [0.4, 0.5) is 10.1 Å². The van der Waals surface area contributed by atoms with Gasteiger partial charge in [0, 0.05) is 6.54 Å². The summed E-state index contributed by atoms with van der Waals surface area (Å²) in [4.78, 5) is 16.5. The number of hydrogen-bond donors (Lipinski definition) is 1. The third-order valence-electron chi connectivity index (χ3n) is 3.53. The van der Waals surface area contributed by atoms with Crippen LogP contribution in [0.1, 0.15) is 19.8 Å². The van der Waals surface area contributed by atoms with Crippen LogP contribution in [0.3, 0.4) is 0 Å². The van der Waals surface area contributed by atoms with Crippen LogP contribution in [-0.4, -0.2) is 41.5 Å². The highest BCUT2D eigenvalue weighted by Crippen LogP contribution is 2.32. The van der Waals surface area contributed by atoms with E-state index >= 15 is 0 Å². The summed E-state index contributed by atoms with van der Waals surface area (Å²) in [7, 11) is 2.14. The van der Waals surface area contributed by atoms with Crippen LogP contribution in [0.15, 0.2) is 6.20 Å². The lowest BCUT2D eigenvalue weighted by molar-refractivity contribution is -0.380. The molecule has 1 N–H and O–H groups in total. The molecule has 7 heteroatoms. The number of nitrogens with zero attached hydrogens (tertiary/aromatic N) is 3. The van der Waals surface area contributed by atoms with Crippen LogP contribution in [0.5, 0.6) is 0 Å². The van der Waals surface area contributed by atoms with Gasteiger partial charge in [-0.25, -0.2) is 4.98 Å². The van der Waals surface area contributed by atoms with Crippen molar-refractivity contribution in [3.8, 4) is 0 Å². The Balaban J connectivity index is 1.88. The Bertz CT molecular complexity index is 426. The summed E-state index contributed by atoms with van der Waals surface area (Å²) in [5, 5.41) is 14.5. The van der Waals surface area contributed by atoms with Crippen molar-refractivity contribution in [2.24, 2.45) is 5.41 Å². The molecule has 1 aliphatic heterocycles. The fraction of sp³-hybridized carbons (Fsp3) is 0.727. The smallest absolute Gasteiger partial charge is 0.345 e. The summed E-state index contributed by atoms with van der Waals surface area (Å²) in [5.41, 5.74) is 0.257. The van der Waals surface area contributed by atoms with Crippen molar-refractivity contribution in [3.63, 3.8) is 0 Å². The maximum atomic E-state index is 10.6. The SMILES string of the molecule is CN1CCC(C)(CNc2ncc([N+](=O)[O-])s2)CC1. The number of rotatable bonds is 4. The summed E-state index contributed by atoms with van der Waals surface area (Å²) in [5.74, 6) is 0. The minimum atomic E-state index is -0.403. The molecule has 1 aromatic rings. The van der Waals surface area contributed by atoms with Gasteiger partial charge in [0.05, 0.1) is 4.92 Å². The van der Waals surface area contributed by atoms with Crippen molar-refractivity contribution < 1.29 is 4.92 Å². The zero-order chi connectivity index (χ0) is 13.2. The average Bonchev–Trinajstić information content (AvgIpc) is 2.80. The highest BCUT2D eigenvalue weighted by Gasteiger charge is 2.29. The predicted molar refractivity (Wildman–Crippen MR) is 72.1 cm³/mol. The first kappa shape index (κ1) is 13.2. The van der Waals surface area contributed by atoms with E-state index in [4.69, 9.17) is 0 Å². The number of nitro groups is 1. The molecule has 0 spiro atoms.